The molecule has 34 heavy (non-hydrogen) atoms. The van der Waals surface area contributed by atoms with Crippen LogP contribution in [-0.2, 0) is 30.6 Å². The predicted molar refractivity (Wildman–Crippen MR) is 136 cm³/mol. The largest absolute Gasteiger partial charge is 0.352 e. The fourth-order valence-corrected chi connectivity index (χ4v) is 6.15. The molecule has 0 fully saturated rings. The molecule has 1 aliphatic carbocycles. The minimum Gasteiger partial charge on any atom is -0.352 e. The van der Waals surface area contributed by atoms with Crippen molar-refractivity contribution in [1.29, 1.82) is 0 Å². The molecule has 0 unspecified atom stereocenters. The van der Waals surface area contributed by atoms with Crippen LogP contribution in [-0.4, -0.2) is 21.1 Å². The van der Waals surface area contributed by atoms with E-state index in [4.69, 9.17) is 11.6 Å². The Morgan fingerprint density at radius 1 is 1.09 bits per heavy atom. The molecule has 0 bridgehead atoms. The van der Waals surface area contributed by atoms with Crippen LogP contribution in [0.2, 0.25) is 5.02 Å². The molecule has 6 nitrogen and oxygen atoms in total. The van der Waals surface area contributed by atoms with Crippen molar-refractivity contribution >= 4 is 39.1 Å². The minimum absolute atomic E-state index is 0.100. The van der Waals surface area contributed by atoms with Crippen LogP contribution >= 0.6 is 22.9 Å². The van der Waals surface area contributed by atoms with Crippen LogP contribution in [0.15, 0.2) is 64.2 Å². The predicted octanol–water partition coefficient (Wildman–Crippen LogP) is 4.10. The third-order valence-electron chi connectivity index (χ3n) is 6.17. The first-order valence-electron chi connectivity index (χ1n) is 11.3. The minimum atomic E-state index is -0.523. The number of aryl methyl sites for hydroxylation is 2. The summed E-state index contributed by atoms with van der Waals surface area (Å²) >= 11 is 7.48. The number of benzene rings is 2. The lowest BCUT2D eigenvalue weighted by Crippen LogP contribution is -2.43. The van der Waals surface area contributed by atoms with Gasteiger partial charge in [0, 0.05) is 15.9 Å². The SMILES string of the molecule is C[C@@H](Cc1ccccc1)NC(=O)Cn1c(=O)n(-c2ccc(Cl)cc2)c(=O)c2c3c(sc21)CCC3. The standard InChI is InChI=1S/C26H24ClN3O3S/c1-16(14-17-6-3-2-4-7-17)28-22(31)15-29-25-23(20-8-5-9-21(20)34-25)24(32)30(26(29)33)19-12-10-18(27)11-13-19/h2-4,6-7,10-13,16H,5,8-9,14-15H2,1H3,(H,28,31)/t16-/m0/s1. The van der Waals surface area contributed by atoms with Gasteiger partial charge < -0.3 is 5.32 Å². The highest BCUT2D eigenvalue weighted by Gasteiger charge is 2.26. The fourth-order valence-electron chi connectivity index (χ4n) is 4.65. The average Bonchev–Trinajstić information content (AvgIpc) is 3.40. The van der Waals surface area contributed by atoms with Gasteiger partial charge in [-0.05, 0) is 68.0 Å². The maximum atomic E-state index is 13.5. The van der Waals surface area contributed by atoms with Gasteiger partial charge in [-0.1, -0.05) is 41.9 Å². The number of amides is 1. The number of carbonyl (C=O) groups excluding carboxylic acids is 1. The van der Waals surface area contributed by atoms with Crippen molar-refractivity contribution in [3.05, 3.63) is 96.5 Å². The van der Waals surface area contributed by atoms with E-state index in [1.165, 1.54) is 15.9 Å². The molecule has 0 spiro atoms. The normalized spacial score (nSPS) is 13.7. The second-order valence-electron chi connectivity index (χ2n) is 8.68. The van der Waals surface area contributed by atoms with Crippen molar-refractivity contribution in [2.45, 2.75) is 45.2 Å². The number of nitrogens with one attached hydrogen (secondary N) is 1. The lowest BCUT2D eigenvalue weighted by Gasteiger charge is -2.16. The number of carbonyl (C=O) groups is 1. The summed E-state index contributed by atoms with van der Waals surface area (Å²) in [6.07, 6.45) is 3.38. The van der Waals surface area contributed by atoms with Crippen LogP contribution in [0.1, 0.15) is 29.3 Å². The first kappa shape index (κ1) is 22.6. The summed E-state index contributed by atoms with van der Waals surface area (Å²) in [5, 5.41) is 4.07. The molecule has 2 aromatic carbocycles. The van der Waals surface area contributed by atoms with E-state index in [9.17, 15) is 14.4 Å². The molecule has 1 N–H and O–H groups in total. The third-order valence-corrected chi connectivity index (χ3v) is 7.73. The van der Waals surface area contributed by atoms with E-state index >= 15 is 0 Å². The van der Waals surface area contributed by atoms with E-state index in [2.05, 4.69) is 5.32 Å². The van der Waals surface area contributed by atoms with Crippen LogP contribution in [0.3, 0.4) is 0 Å². The average molecular weight is 494 g/mol. The van der Waals surface area contributed by atoms with Crippen LogP contribution in [0.4, 0.5) is 0 Å². The Kier molecular flexibility index (Phi) is 6.15. The van der Waals surface area contributed by atoms with E-state index in [1.54, 1.807) is 24.3 Å². The van der Waals surface area contributed by atoms with Crippen LogP contribution in [0, 0.1) is 0 Å². The molecule has 174 valence electrons. The molecule has 2 heterocycles. The summed E-state index contributed by atoms with van der Waals surface area (Å²) in [6.45, 7) is 1.79. The lowest BCUT2D eigenvalue weighted by molar-refractivity contribution is -0.122. The molecular weight excluding hydrogens is 470 g/mol. The molecule has 2 aromatic heterocycles. The van der Waals surface area contributed by atoms with Crippen LogP contribution in [0.5, 0.6) is 0 Å². The molecule has 1 atom stereocenters. The second kappa shape index (κ2) is 9.24. The maximum absolute atomic E-state index is 13.5. The Balaban J connectivity index is 1.54. The summed E-state index contributed by atoms with van der Waals surface area (Å²) in [6, 6.07) is 16.4. The smallest absolute Gasteiger partial charge is 0.337 e. The molecule has 0 saturated heterocycles. The highest BCUT2D eigenvalue weighted by atomic mass is 35.5. The van der Waals surface area contributed by atoms with Gasteiger partial charge in [0.05, 0.1) is 11.1 Å². The molecule has 8 heteroatoms. The molecule has 0 aliphatic heterocycles. The molecule has 1 amide bonds. The molecule has 5 rings (SSSR count). The number of fused-ring (bicyclic) bond motifs is 3. The zero-order valence-electron chi connectivity index (χ0n) is 18.7. The third kappa shape index (κ3) is 4.21. The van der Waals surface area contributed by atoms with Gasteiger partial charge in [0.25, 0.3) is 5.56 Å². The Bertz CT molecular complexity index is 1490. The van der Waals surface area contributed by atoms with E-state index in [0.29, 0.717) is 27.3 Å². The molecular formula is C26H24ClN3O3S. The van der Waals surface area contributed by atoms with Gasteiger partial charge in [0.2, 0.25) is 5.91 Å². The second-order valence-corrected chi connectivity index (χ2v) is 10.2. The molecule has 0 radical (unpaired) electrons. The van der Waals surface area contributed by atoms with Gasteiger partial charge in [-0.2, -0.15) is 0 Å². The van der Waals surface area contributed by atoms with Crippen molar-refractivity contribution in [2.75, 3.05) is 0 Å². The molecule has 0 saturated carbocycles. The van der Waals surface area contributed by atoms with Crippen molar-refractivity contribution in [1.82, 2.24) is 14.5 Å². The number of thiophene rings is 1. The van der Waals surface area contributed by atoms with E-state index in [1.807, 2.05) is 37.3 Å². The fraction of sp³-hybridized carbons (Fsp3) is 0.269. The zero-order valence-corrected chi connectivity index (χ0v) is 20.3. The van der Waals surface area contributed by atoms with E-state index < -0.39 is 5.69 Å². The zero-order chi connectivity index (χ0) is 23.8. The summed E-state index contributed by atoms with van der Waals surface area (Å²) < 4.78 is 2.60. The monoisotopic (exact) mass is 493 g/mol. The quantitative estimate of drug-likeness (QED) is 0.439. The highest BCUT2D eigenvalue weighted by Crippen LogP contribution is 2.35. The van der Waals surface area contributed by atoms with E-state index in [-0.39, 0.29) is 24.1 Å². The highest BCUT2D eigenvalue weighted by molar-refractivity contribution is 7.19. The van der Waals surface area contributed by atoms with Gasteiger partial charge in [-0.3, -0.25) is 14.2 Å². The first-order valence-corrected chi connectivity index (χ1v) is 12.5. The number of halogens is 1. The Morgan fingerprint density at radius 3 is 2.56 bits per heavy atom. The number of nitrogens with zero attached hydrogens (tertiary/aromatic N) is 2. The topological polar surface area (TPSA) is 73.1 Å². The molecule has 1 aliphatic rings. The van der Waals surface area contributed by atoms with Crippen molar-refractivity contribution < 1.29 is 4.79 Å². The van der Waals surface area contributed by atoms with Gasteiger partial charge in [-0.25, -0.2) is 9.36 Å². The maximum Gasteiger partial charge on any atom is 0.337 e. The van der Waals surface area contributed by atoms with Gasteiger partial charge in [-0.15, -0.1) is 11.3 Å². The number of aromatic nitrogens is 2. The summed E-state index contributed by atoms with van der Waals surface area (Å²) in [5.41, 5.74) is 1.72. The Labute approximate surface area is 205 Å². The van der Waals surface area contributed by atoms with Gasteiger partial charge in [0.15, 0.2) is 0 Å². The van der Waals surface area contributed by atoms with Gasteiger partial charge in [0.1, 0.15) is 11.4 Å². The van der Waals surface area contributed by atoms with Crippen LogP contribution < -0.4 is 16.6 Å². The number of hydrogen-bond donors (Lipinski definition) is 1. The summed E-state index contributed by atoms with van der Waals surface area (Å²) in [4.78, 5) is 41.7. The summed E-state index contributed by atoms with van der Waals surface area (Å²) in [7, 11) is 0. The van der Waals surface area contributed by atoms with Gasteiger partial charge >= 0.3 is 5.69 Å². The summed E-state index contributed by atoms with van der Waals surface area (Å²) in [5.74, 6) is -0.262. The van der Waals surface area contributed by atoms with E-state index in [0.717, 1.165) is 39.8 Å². The Morgan fingerprint density at radius 2 is 1.82 bits per heavy atom. The van der Waals surface area contributed by atoms with Crippen molar-refractivity contribution in [3.63, 3.8) is 0 Å². The van der Waals surface area contributed by atoms with Crippen molar-refractivity contribution in [2.24, 2.45) is 0 Å². The number of hydrogen-bond acceptors (Lipinski definition) is 4. The van der Waals surface area contributed by atoms with Crippen LogP contribution in [0.25, 0.3) is 15.9 Å². The number of rotatable bonds is 6. The molecule has 4 aromatic rings. The first-order chi connectivity index (χ1) is 16.4. The Hall–Kier alpha value is -3.16. The lowest BCUT2D eigenvalue weighted by atomic mass is 10.1. The van der Waals surface area contributed by atoms with Crippen molar-refractivity contribution in [3.8, 4) is 5.69 Å².